The van der Waals surface area contributed by atoms with Gasteiger partial charge < -0.3 is 24.4 Å². The molecule has 0 bridgehead atoms. The molecule has 0 aliphatic carbocycles. The molecular formula is C29H30BrClN2O5. The molecule has 9 heteroatoms. The zero-order valence-electron chi connectivity index (χ0n) is 21.6. The lowest BCUT2D eigenvalue weighted by molar-refractivity contribution is -0.118. The van der Waals surface area contributed by atoms with Crippen molar-refractivity contribution in [2.45, 2.75) is 25.2 Å². The van der Waals surface area contributed by atoms with E-state index in [1.807, 2.05) is 4.90 Å². The minimum absolute atomic E-state index is 0.0303. The van der Waals surface area contributed by atoms with Crippen molar-refractivity contribution < 1.29 is 23.8 Å². The Morgan fingerprint density at radius 2 is 1.61 bits per heavy atom. The van der Waals surface area contributed by atoms with E-state index in [1.165, 1.54) is 19.8 Å². The van der Waals surface area contributed by atoms with Crippen LogP contribution in [-0.4, -0.2) is 50.6 Å². The third-order valence-electron chi connectivity index (χ3n) is 6.90. The summed E-state index contributed by atoms with van der Waals surface area (Å²) in [6.45, 7) is 3.32. The smallest absolute Gasteiger partial charge is 0.262 e. The van der Waals surface area contributed by atoms with Crippen molar-refractivity contribution >= 4 is 45.0 Å². The molecule has 1 aliphatic rings. The molecule has 4 rings (SSSR count). The number of rotatable bonds is 8. The molecule has 3 aromatic carbocycles. The summed E-state index contributed by atoms with van der Waals surface area (Å²) in [4.78, 5) is 27.6. The van der Waals surface area contributed by atoms with E-state index in [-0.39, 0.29) is 17.9 Å². The number of piperidine rings is 1. The van der Waals surface area contributed by atoms with E-state index in [1.54, 1.807) is 36.4 Å². The average Bonchev–Trinajstić information content (AvgIpc) is 2.92. The lowest BCUT2D eigenvalue weighted by Gasteiger charge is -2.40. The predicted octanol–water partition coefficient (Wildman–Crippen LogP) is 6.33. The molecule has 1 N–H and O–H groups in total. The van der Waals surface area contributed by atoms with E-state index in [0.29, 0.717) is 46.6 Å². The molecule has 0 aromatic heterocycles. The van der Waals surface area contributed by atoms with Gasteiger partial charge in [-0.2, -0.15) is 0 Å². The van der Waals surface area contributed by atoms with Gasteiger partial charge in [0.2, 0.25) is 0 Å². The minimum Gasteiger partial charge on any atom is -0.495 e. The standard InChI is InChI=1S/C29H30BrClN2O5/c1-29(20-5-7-21(30)8-6-20)12-14-33(15-13-29)28(35)19-4-10-25(26(16-19)37-3)38-18-27(34)32-23-17-22(31)9-11-24(23)36-2/h4-11,16-17H,12-15,18H2,1-3H3,(H,32,34). The molecular weight excluding hydrogens is 572 g/mol. The number of nitrogens with zero attached hydrogens (tertiary/aromatic N) is 1. The number of carbonyl (C=O) groups excluding carboxylic acids is 2. The Morgan fingerprint density at radius 3 is 2.26 bits per heavy atom. The number of carbonyl (C=O) groups is 2. The highest BCUT2D eigenvalue weighted by Gasteiger charge is 2.33. The van der Waals surface area contributed by atoms with Crippen LogP contribution in [0.1, 0.15) is 35.7 Å². The van der Waals surface area contributed by atoms with Crippen molar-refractivity contribution in [2.75, 3.05) is 39.2 Å². The predicted molar refractivity (Wildman–Crippen MR) is 152 cm³/mol. The first kappa shape index (κ1) is 27.8. The van der Waals surface area contributed by atoms with Gasteiger partial charge in [-0.05, 0) is 72.4 Å². The van der Waals surface area contributed by atoms with Gasteiger partial charge in [-0.1, -0.05) is 46.6 Å². The van der Waals surface area contributed by atoms with E-state index in [4.69, 9.17) is 25.8 Å². The van der Waals surface area contributed by atoms with Gasteiger partial charge in [0.05, 0.1) is 19.9 Å². The lowest BCUT2D eigenvalue weighted by atomic mass is 9.74. The van der Waals surface area contributed by atoms with Crippen molar-refractivity contribution in [3.05, 3.63) is 81.3 Å². The summed E-state index contributed by atoms with van der Waals surface area (Å²) < 4.78 is 17.5. The van der Waals surface area contributed by atoms with E-state index >= 15 is 0 Å². The molecule has 1 saturated heterocycles. The minimum atomic E-state index is -0.394. The normalized spacial score (nSPS) is 14.5. The Bertz CT molecular complexity index is 1310. The largest absolute Gasteiger partial charge is 0.495 e. The second kappa shape index (κ2) is 12.1. The number of methoxy groups -OCH3 is 2. The Morgan fingerprint density at radius 1 is 0.947 bits per heavy atom. The van der Waals surface area contributed by atoms with Crippen LogP contribution >= 0.6 is 27.5 Å². The fraction of sp³-hybridized carbons (Fsp3) is 0.310. The summed E-state index contributed by atoms with van der Waals surface area (Å²) in [5.41, 5.74) is 2.27. The average molecular weight is 602 g/mol. The van der Waals surface area contributed by atoms with Gasteiger partial charge in [-0.3, -0.25) is 9.59 Å². The molecule has 200 valence electrons. The fourth-order valence-electron chi connectivity index (χ4n) is 4.55. The van der Waals surface area contributed by atoms with E-state index in [0.717, 1.165) is 17.3 Å². The van der Waals surface area contributed by atoms with Crippen LogP contribution < -0.4 is 19.5 Å². The van der Waals surface area contributed by atoms with Gasteiger partial charge in [0, 0.05) is 28.1 Å². The summed E-state index contributed by atoms with van der Waals surface area (Å²) in [6, 6.07) is 18.4. The van der Waals surface area contributed by atoms with E-state index in [9.17, 15) is 9.59 Å². The Kier molecular flexibility index (Phi) is 8.84. The first-order valence-corrected chi connectivity index (χ1v) is 13.4. The number of ether oxygens (including phenoxy) is 3. The number of benzene rings is 3. The highest BCUT2D eigenvalue weighted by molar-refractivity contribution is 9.10. The van der Waals surface area contributed by atoms with Gasteiger partial charge >= 0.3 is 0 Å². The molecule has 38 heavy (non-hydrogen) atoms. The molecule has 1 heterocycles. The van der Waals surface area contributed by atoms with E-state index < -0.39 is 5.91 Å². The second-order valence-corrected chi connectivity index (χ2v) is 10.8. The fourth-order valence-corrected chi connectivity index (χ4v) is 4.99. The molecule has 2 amide bonds. The molecule has 0 atom stereocenters. The van der Waals surface area contributed by atoms with Crippen LogP contribution in [0.25, 0.3) is 0 Å². The number of hydrogen-bond donors (Lipinski definition) is 1. The molecule has 0 radical (unpaired) electrons. The van der Waals surface area contributed by atoms with Crippen LogP contribution in [0.4, 0.5) is 5.69 Å². The Balaban J connectivity index is 1.37. The highest BCUT2D eigenvalue weighted by atomic mass is 79.9. The van der Waals surface area contributed by atoms with Crippen molar-refractivity contribution in [2.24, 2.45) is 0 Å². The van der Waals surface area contributed by atoms with Crippen molar-refractivity contribution in [3.63, 3.8) is 0 Å². The lowest BCUT2D eigenvalue weighted by Crippen LogP contribution is -2.43. The molecule has 0 saturated carbocycles. The van der Waals surface area contributed by atoms with Gasteiger partial charge in [0.15, 0.2) is 18.1 Å². The molecule has 7 nitrogen and oxygen atoms in total. The molecule has 3 aromatic rings. The van der Waals surface area contributed by atoms with Crippen molar-refractivity contribution in [1.82, 2.24) is 4.90 Å². The topological polar surface area (TPSA) is 77.1 Å². The SMILES string of the molecule is COc1ccc(Cl)cc1NC(=O)COc1ccc(C(=O)N2CCC(C)(c3ccc(Br)cc3)CC2)cc1OC. The molecule has 1 fully saturated rings. The molecule has 0 spiro atoms. The number of hydrogen-bond acceptors (Lipinski definition) is 5. The van der Waals surface area contributed by atoms with Crippen LogP contribution in [0.5, 0.6) is 17.2 Å². The maximum absolute atomic E-state index is 13.3. The first-order valence-electron chi connectivity index (χ1n) is 12.2. The Hall–Kier alpha value is -3.23. The summed E-state index contributed by atoms with van der Waals surface area (Å²) >= 11 is 9.52. The first-order chi connectivity index (χ1) is 18.2. The summed E-state index contributed by atoms with van der Waals surface area (Å²) in [5, 5.41) is 3.19. The van der Waals surface area contributed by atoms with Crippen molar-refractivity contribution in [3.8, 4) is 17.2 Å². The van der Waals surface area contributed by atoms with E-state index in [2.05, 4.69) is 52.4 Å². The maximum Gasteiger partial charge on any atom is 0.262 e. The number of halogens is 2. The van der Waals surface area contributed by atoms with Crippen LogP contribution in [0.3, 0.4) is 0 Å². The number of amides is 2. The second-order valence-electron chi connectivity index (χ2n) is 9.41. The van der Waals surface area contributed by atoms with Crippen LogP contribution in [0.15, 0.2) is 65.1 Å². The molecule has 1 aliphatic heterocycles. The van der Waals surface area contributed by atoms with Crippen LogP contribution in [0, 0.1) is 0 Å². The van der Waals surface area contributed by atoms with Gasteiger partial charge in [-0.25, -0.2) is 0 Å². The third kappa shape index (κ3) is 6.42. The van der Waals surface area contributed by atoms with Gasteiger partial charge in [0.25, 0.3) is 11.8 Å². The zero-order valence-corrected chi connectivity index (χ0v) is 23.9. The van der Waals surface area contributed by atoms with Gasteiger partial charge in [-0.15, -0.1) is 0 Å². The summed E-state index contributed by atoms with van der Waals surface area (Å²) in [6.07, 6.45) is 1.76. The third-order valence-corrected chi connectivity index (χ3v) is 7.66. The number of likely N-dealkylation sites (tertiary alicyclic amines) is 1. The number of anilines is 1. The van der Waals surface area contributed by atoms with Crippen molar-refractivity contribution in [1.29, 1.82) is 0 Å². The molecule has 0 unspecified atom stereocenters. The summed E-state index contributed by atoms with van der Waals surface area (Å²) in [5.74, 6) is 0.769. The monoisotopic (exact) mass is 600 g/mol. The summed E-state index contributed by atoms with van der Waals surface area (Å²) in [7, 11) is 3.01. The quantitative estimate of drug-likeness (QED) is 0.327. The van der Waals surface area contributed by atoms with Crippen LogP contribution in [-0.2, 0) is 10.2 Å². The Labute approximate surface area is 236 Å². The highest BCUT2D eigenvalue weighted by Crippen LogP contribution is 2.36. The zero-order chi connectivity index (χ0) is 27.3. The van der Waals surface area contributed by atoms with Crippen LogP contribution in [0.2, 0.25) is 5.02 Å². The van der Waals surface area contributed by atoms with Gasteiger partial charge in [0.1, 0.15) is 5.75 Å². The maximum atomic E-state index is 13.3. The number of nitrogens with one attached hydrogen (secondary N) is 1.